The van der Waals surface area contributed by atoms with Gasteiger partial charge in [0.25, 0.3) is 0 Å². The molecular weight excluding hydrogens is 392 g/mol. The van der Waals surface area contributed by atoms with Crippen molar-refractivity contribution in [1.29, 1.82) is 0 Å². The van der Waals surface area contributed by atoms with Crippen molar-refractivity contribution in [2.45, 2.75) is 60.1 Å². The number of carbonyl (C=O) groups excluding carboxylic acids is 1. The lowest BCUT2D eigenvalue weighted by molar-refractivity contribution is -0.121. The van der Waals surface area contributed by atoms with E-state index in [0.717, 1.165) is 29.1 Å². The zero-order valence-corrected chi connectivity index (χ0v) is 18.3. The van der Waals surface area contributed by atoms with E-state index in [2.05, 4.69) is 29.0 Å². The molecule has 2 rings (SSSR count). The fourth-order valence-corrected chi connectivity index (χ4v) is 3.36. The molecule has 0 atom stereocenters. The van der Waals surface area contributed by atoms with Crippen molar-refractivity contribution < 1.29 is 23.0 Å². The van der Waals surface area contributed by atoms with Gasteiger partial charge in [0, 0.05) is 25.2 Å². The van der Waals surface area contributed by atoms with Gasteiger partial charge in [0.2, 0.25) is 5.91 Å². The van der Waals surface area contributed by atoms with Crippen LogP contribution in [-0.2, 0) is 24.2 Å². The summed E-state index contributed by atoms with van der Waals surface area (Å²) in [4.78, 5) is 12.2. The summed E-state index contributed by atoms with van der Waals surface area (Å²) in [5.74, 6) is 0.680. The number of nitrogens with one attached hydrogen (secondary N) is 1. The Morgan fingerprint density at radius 3 is 2.57 bits per heavy atom. The van der Waals surface area contributed by atoms with Gasteiger partial charge in [-0.05, 0) is 55.9 Å². The largest absolute Gasteiger partial charge is 0.493 e. The number of hydrogen-bond donors (Lipinski definition) is 1. The van der Waals surface area contributed by atoms with Crippen LogP contribution in [0.5, 0.6) is 11.5 Å². The van der Waals surface area contributed by atoms with Crippen molar-refractivity contribution in [1.82, 2.24) is 15.1 Å². The van der Waals surface area contributed by atoms with Crippen molar-refractivity contribution in [3.05, 3.63) is 40.7 Å². The molecule has 0 spiro atoms. The molecule has 1 aromatic heterocycles. The molecule has 0 fully saturated rings. The van der Waals surface area contributed by atoms with Crippen LogP contribution in [0, 0.1) is 19.8 Å². The maximum atomic E-state index is 12.5. The zero-order valence-electron chi connectivity index (χ0n) is 18.3. The van der Waals surface area contributed by atoms with Crippen molar-refractivity contribution in [3.8, 4) is 11.5 Å². The minimum Gasteiger partial charge on any atom is -0.493 e. The number of benzene rings is 1. The van der Waals surface area contributed by atoms with Gasteiger partial charge in [-0.2, -0.15) is 13.9 Å². The summed E-state index contributed by atoms with van der Waals surface area (Å²) >= 11 is 0. The van der Waals surface area contributed by atoms with Crippen LogP contribution in [0.1, 0.15) is 42.8 Å². The van der Waals surface area contributed by atoms with Crippen LogP contribution in [0.3, 0.4) is 0 Å². The van der Waals surface area contributed by atoms with Crippen molar-refractivity contribution >= 4 is 5.91 Å². The molecule has 30 heavy (non-hydrogen) atoms. The number of aromatic nitrogens is 2. The number of amides is 1. The second-order valence-corrected chi connectivity index (χ2v) is 7.69. The highest BCUT2D eigenvalue weighted by Gasteiger charge is 2.14. The topological polar surface area (TPSA) is 65.4 Å². The van der Waals surface area contributed by atoms with E-state index in [1.54, 1.807) is 12.1 Å². The fourth-order valence-electron chi connectivity index (χ4n) is 3.36. The normalized spacial score (nSPS) is 11.2. The monoisotopic (exact) mass is 423 g/mol. The van der Waals surface area contributed by atoms with Crippen LogP contribution in [0.25, 0.3) is 0 Å². The number of carbonyl (C=O) groups is 1. The van der Waals surface area contributed by atoms with Crippen LogP contribution >= 0.6 is 0 Å². The van der Waals surface area contributed by atoms with E-state index in [9.17, 15) is 13.6 Å². The lowest BCUT2D eigenvalue weighted by Gasteiger charge is -2.12. The highest BCUT2D eigenvalue weighted by atomic mass is 19.3. The smallest absolute Gasteiger partial charge is 0.387 e. The van der Waals surface area contributed by atoms with E-state index < -0.39 is 6.61 Å². The van der Waals surface area contributed by atoms with Crippen molar-refractivity contribution in [3.63, 3.8) is 0 Å². The molecule has 1 amide bonds. The molecule has 0 aliphatic heterocycles. The Balaban J connectivity index is 1.85. The standard InChI is InChI=1S/C22H31F2N3O3/c1-14(2)13-27-16(4)18(15(3)26-27)7-9-21(28)25-11-10-17-6-8-19(29-5)20(12-17)30-22(23)24/h6,8,12,14,22H,7,9-11,13H2,1-5H3,(H,25,28). The van der Waals surface area contributed by atoms with E-state index in [-0.39, 0.29) is 17.4 Å². The minimum absolute atomic E-state index is 0.0133. The first kappa shape index (κ1) is 23.6. The fraction of sp³-hybridized carbons (Fsp3) is 0.545. The minimum atomic E-state index is -2.93. The van der Waals surface area contributed by atoms with Crippen LogP contribution in [0.15, 0.2) is 18.2 Å². The van der Waals surface area contributed by atoms with Gasteiger partial charge in [-0.15, -0.1) is 0 Å². The van der Waals surface area contributed by atoms with Gasteiger partial charge in [0.05, 0.1) is 12.8 Å². The molecule has 0 radical (unpaired) electrons. The highest BCUT2D eigenvalue weighted by molar-refractivity contribution is 5.76. The summed E-state index contributed by atoms with van der Waals surface area (Å²) in [6.45, 7) is 6.65. The number of alkyl halides is 2. The number of aryl methyl sites for hydroxylation is 1. The maximum absolute atomic E-state index is 12.5. The van der Waals surface area contributed by atoms with Gasteiger partial charge in [-0.25, -0.2) is 0 Å². The van der Waals surface area contributed by atoms with Gasteiger partial charge in [0.15, 0.2) is 11.5 Å². The van der Waals surface area contributed by atoms with Crippen LogP contribution in [0.2, 0.25) is 0 Å². The lowest BCUT2D eigenvalue weighted by Crippen LogP contribution is -2.26. The summed E-state index contributed by atoms with van der Waals surface area (Å²) in [6, 6.07) is 4.85. The third kappa shape index (κ3) is 6.71. The molecule has 1 heterocycles. The van der Waals surface area contributed by atoms with E-state index >= 15 is 0 Å². The van der Waals surface area contributed by atoms with Gasteiger partial charge in [0.1, 0.15) is 0 Å². The maximum Gasteiger partial charge on any atom is 0.387 e. The van der Waals surface area contributed by atoms with E-state index in [4.69, 9.17) is 4.74 Å². The molecule has 0 bridgehead atoms. The van der Waals surface area contributed by atoms with Crippen LogP contribution in [0.4, 0.5) is 8.78 Å². The molecule has 1 aromatic carbocycles. The molecule has 8 heteroatoms. The molecule has 0 aliphatic carbocycles. The second kappa shape index (κ2) is 10.9. The molecule has 0 saturated carbocycles. The summed E-state index contributed by atoms with van der Waals surface area (Å²) < 4.78 is 36.6. The summed E-state index contributed by atoms with van der Waals surface area (Å²) in [5, 5.41) is 7.46. The van der Waals surface area contributed by atoms with E-state index in [0.29, 0.717) is 31.7 Å². The number of nitrogens with zero attached hydrogens (tertiary/aromatic N) is 2. The van der Waals surface area contributed by atoms with Gasteiger partial charge in [-0.1, -0.05) is 19.9 Å². The van der Waals surface area contributed by atoms with Gasteiger partial charge >= 0.3 is 6.61 Å². The average Bonchev–Trinajstić information content (AvgIpc) is 2.92. The lowest BCUT2D eigenvalue weighted by atomic mass is 10.1. The molecule has 0 saturated heterocycles. The zero-order chi connectivity index (χ0) is 22.3. The predicted octanol–water partition coefficient (Wildman–Crippen LogP) is 4.06. The summed E-state index contributed by atoms with van der Waals surface area (Å²) in [5.41, 5.74) is 3.97. The number of methoxy groups -OCH3 is 1. The molecule has 166 valence electrons. The molecule has 6 nitrogen and oxygen atoms in total. The molecule has 2 aromatic rings. The molecular formula is C22H31F2N3O3. The van der Waals surface area contributed by atoms with Gasteiger partial charge < -0.3 is 14.8 Å². The Morgan fingerprint density at radius 2 is 1.93 bits per heavy atom. The van der Waals surface area contributed by atoms with E-state index in [1.165, 1.54) is 13.2 Å². The number of halogens is 2. The summed E-state index contributed by atoms with van der Waals surface area (Å²) in [7, 11) is 1.39. The summed E-state index contributed by atoms with van der Waals surface area (Å²) in [6.07, 6.45) is 1.51. The van der Waals surface area contributed by atoms with Crippen LogP contribution in [-0.4, -0.2) is 36.0 Å². The first-order valence-corrected chi connectivity index (χ1v) is 10.1. The second-order valence-electron chi connectivity index (χ2n) is 7.69. The third-order valence-corrected chi connectivity index (χ3v) is 4.85. The Morgan fingerprint density at radius 1 is 1.20 bits per heavy atom. The Bertz CT molecular complexity index is 850. The predicted molar refractivity (Wildman–Crippen MR) is 111 cm³/mol. The molecule has 0 aliphatic rings. The Kier molecular flexibility index (Phi) is 8.62. The van der Waals surface area contributed by atoms with Crippen molar-refractivity contribution in [2.24, 2.45) is 5.92 Å². The highest BCUT2D eigenvalue weighted by Crippen LogP contribution is 2.29. The first-order valence-electron chi connectivity index (χ1n) is 10.1. The SMILES string of the molecule is COc1ccc(CCNC(=O)CCc2c(C)nn(CC(C)C)c2C)cc1OC(F)F. The van der Waals surface area contributed by atoms with Crippen molar-refractivity contribution in [2.75, 3.05) is 13.7 Å². The Labute approximate surface area is 176 Å². The van der Waals surface area contributed by atoms with Gasteiger partial charge in [-0.3, -0.25) is 9.48 Å². The number of ether oxygens (including phenoxy) is 2. The number of rotatable bonds is 11. The Hall–Kier alpha value is -2.64. The third-order valence-electron chi connectivity index (χ3n) is 4.85. The molecule has 1 N–H and O–H groups in total. The van der Waals surface area contributed by atoms with Crippen LogP contribution < -0.4 is 14.8 Å². The number of hydrogen-bond acceptors (Lipinski definition) is 4. The first-order chi connectivity index (χ1) is 14.2. The van der Waals surface area contributed by atoms with E-state index in [1.807, 2.05) is 18.5 Å². The quantitative estimate of drug-likeness (QED) is 0.592. The molecule has 0 unspecified atom stereocenters. The average molecular weight is 424 g/mol.